The Bertz CT molecular complexity index is 1290. The fourth-order valence-electron chi connectivity index (χ4n) is 10.9. The Hall–Kier alpha value is -1.97. The second kappa shape index (κ2) is 14.3. The van der Waals surface area contributed by atoms with Crippen LogP contribution in [0.15, 0.2) is 35.9 Å². The van der Waals surface area contributed by atoms with Crippen LogP contribution in [0.4, 0.5) is 0 Å². The first-order chi connectivity index (χ1) is 22.9. The minimum absolute atomic E-state index is 0.144. The van der Waals surface area contributed by atoms with E-state index in [1.54, 1.807) is 24.3 Å². The fourth-order valence-corrected chi connectivity index (χ4v) is 10.9. The predicted molar refractivity (Wildman–Crippen MR) is 183 cm³/mol. The van der Waals surface area contributed by atoms with Crippen LogP contribution < -0.4 is 4.74 Å². The molecule has 8 nitrogen and oxygen atoms in total. The quantitative estimate of drug-likeness (QED) is 0.166. The van der Waals surface area contributed by atoms with E-state index in [9.17, 15) is 25.2 Å². The lowest BCUT2D eigenvalue weighted by Gasteiger charge is -2.58. The van der Waals surface area contributed by atoms with E-state index in [0.717, 1.165) is 54.8 Å². The van der Waals surface area contributed by atoms with E-state index in [-0.39, 0.29) is 17.5 Å². The molecule has 1 aliphatic heterocycles. The molecule has 1 saturated heterocycles. The SMILES string of the molecule is CC(C)CCC[C@@H](C)[C@H]1CC[C@H]2[C@@H]3CC=C4C[C@@H](OC(=O)c5ccc(O[C@H]6O[C@H](CO)[C@@H](O)[C@H](O)[C@H]6O)cc5)CC[C@]4(C)[C@H]3CC[C@]12C. The van der Waals surface area contributed by atoms with E-state index in [1.165, 1.54) is 56.9 Å². The van der Waals surface area contributed by atoms with Crippen molar-refractivity contribution in [3.8, 4) is 5.75 Å². The van der Waals surface area contributed by atoms with Crippen molar-refractivity contribution in [3.05, 3.63) is 41.5 Å². The molecule has 268 valence electrons. The van der Waals surface area contributed by atoms with E-state index in [0.29, 0.717) is 16.7 Å². The van der Waals surface area contributed by atoms with Gasteiger partial charge in [-0.1, -0.05) is 65.5 Å². The number of benzene rings is 1. The smallest absolute Gasteiger partial charge is 0.338 e. The highest BCUT2D eigenvalue weighted by Crippen LogP contribution is 2.67. The Morgan fingerprint density at radius 1 is 0.938 bits per heavy atom. The maximum Gasteiger partial charge on any atom is 0.338 e. The van der Waals surface area contributed by atoms with Crippen LogP contribution in [0.25, 0.3) is 0 Å². The van der Waals surface area contributed by atoms with Crippen LogP contribution in [0, 0.1) is 46.3 Å². The molecule has 4 N–H and O–H groups in total. The Labute approximate surface area is 287 Å². The lowest BCUT2D eigenvalue weighted by Crippen LogP contribution is -2.60. The lowest BCUT2D eigenvalue weighted by atomic mass is 9.47. The normalized spacial score (nSPS) is 41.5. The van der Waals surface area contributed by atoms with Crippen LogP contribution in [0.1, 0.15) is 116 Å². The van der Waals surface area contributed by atoms with Gasteiger partial charge in [-0.05, 0) is 116 Å². The number of esters is 1. The van der Waals surface area contributed by atoms with Gasteiger partial charge in [-0.3, -0.25) is 0 Å². The van der Waals surface area contributed by atoms with Gasteiger partial charge in [0.2, 0.25) is 6.29 Å². The van der Waals surface area contributed by atoms with E-state index in [4.69, 9.17) is 14.2 Å². The Balaban J connectivity index is 1.04. The molecular formula is C40H60O8. The number of ether oxygens (including phenoxy) is 3. The molecule has 0 radical (unpaired) electrons. The highest BCUT2D eigenvalue weighted by Gasteiger charge is 2.59. The second-order valence-corrected chi connectivity index (χ2v) is 16.9. The first-order valence-electron chi connectivity index (χ1n) is 18.8. The van der Waals surface area contributed by atoms with Gasteiger partial charge in [0.25, 0.3) is 0 Å². The summed E-state index contributed by atoms with van der Waals surface area (Å²) in [5, 5.41) is 39.7. The summed E-state index contributed by atoms with van der Waals surface area (Å²) in [6.45, 7) is 11.8. The topological polar surface area (TPSA) is 126 Å². The summed E-state index contributed by atoms with van der Waals surface area (Å²) in [5.41, 5.74) is 2.57. The minimum Gasteiger partial charge on any atom is -0.462 e. The number of allylic oxidation sites excluding steroid dienone is 1. The Morgan fingerprint density at radius 3 is 2.40 bits per heavy atom. The summed E-state index contributed by atoms with van der Waals surface area (Å²) in [5.74, 6) is 4.73. The second-order valence-electron chi connectivity index (χ2n) is 16.9. The summed E-state index contributed by atoms with van der Waals surface area (Å²) < 4.78 is 17.2. The molecule has 0 amide bonds. The van der Waals surface area contributed by atoms with Crippen LogP contribution in [0.3, 0.4) is 0 Å². The molecule has 3 saturated carbocycles. The molecule has 6 rings (SSSR count). The molecule has 1 heterocycles. The molecule has 8 heteroatoms. The van der Waals surface area contributed by atoms with E-state index in [2.05, 4.69) is 40.7 Å². The molecule has 4 aliphatic carbocycles. The van der Waals surface area contributed by atoms with Crippen molar-refractivity contribution in [2.75, 3.05) is 6.61 Å². The number of hydrogen-bond donors (Lipinski definition) is 4. The largest absolute Gasteiger partial charge is 0.462 e. The first kappa shape index (κ1) is 35.8. The van der Waals surface area contributed by atoms with Crippen molar-refractivity contribution < 1.29 is 39.4 Å². The molecule has 0 bridgehead atoms. The first-order valence-corrected chi connectivity index (χ1v) is 18.8. The molecule has 0 unspecified atom stereocenters. The summed E-state index contributed by atoms with van der Waals surface area (Å²) >= 11 is 0. The molecule has 0 aromatic heterocycles. The maximum atomic E-state index is 13.2. The van der Waals surface area contributed by atoms with E-state index in [1.807, 2.05) is 0 Å². The number of aliphatic hydroxyl groups excluding tert-OH is 4. The van der Waals surface area contributed by atoms with Gasteiger partial charge in [0.1, 0.15) is 36.3 Å². The number of hydrogen-bond acceptors (Lipinski definition) is 8. The van der Waals surface area contributed by atoms with Gasteiger partial charge in [-0.15, -0.1) is 0 Å². The Kier molecular flexibility index (Phi) is 10.7. The molecule has 4 fully saturated rings. The van der Waals surface area contributed by atoms with Gasteiger partial charge in [0, 0.05) is 6.42 Å². The summed E-state index contributed by atoms with van der Waals surface area (Å²) in [7, 11) is 0. The van der Waals surface area contributed by atoms with Crippen LogP contribution in [0.2, 0.25) is 0 Å². The van der Waals surface area contributed by atoms with Crippen molar-refractivity contribution in [2.45, 2.75) is 142 Å². The highest BCUT2D eigenvalue weighted by molar-refractivity contribution is 5.89. The highest BCUT2D eigenvalue weighted by atomic mass is 16.7. The Morgan fingerprint density at radius 2 is 1.69 bits per heavy atom. The van der Waals surface area contributed by atoms with Crippen LogP contribution in [-0.4, -0.2) is 69.8 Å². The van der Waals surface area contributed by atoms with Gasteiger partial charge in [-0.25, -0.2) is 4.79 Å². The molecule has 13 atom stereocenters. The number of rotatable bonds is 10. The van der Waals surface area contributed by atoms with Gasteiger partial charge >= 0.3 is 5.97 Å². The zero-order valence-corrected chi connectivity index (χ0v) is 29.7. The zero-order valence-electron chi connectivity index (χ0n) is 29.7. The third kappa shape index (κ3) is 6.73. The summed E-state index contributed by atoms with van der Waals surface area (Å²) in [6.07, 6.45) is 9.03. The van der Waals surface area contributed by atoms with Crippen molar-refractivity contribution in [3.63, 3.8) is 0 Å². The average molecular weight is 669 g/mol. The third-order valence-corrected chi connectivity index (χ3v) is 13.7. The lowest BCUT2D eigenvalue weighted by molar-refractivity contribution is -0.277. The zero-order chi connectivity index (χ0) is 34.4. The minimum atomic E-state index is -1.52. The van der Waals surface area contributed by atoms with Crippen LogP contribution in [0.5, 0.6) is 5.75 Å². The number of carbonyl (C=O) groups is 1. The predicted octanol–water partition coefficient (Wildman–Crippen LogP) is 6.43. The van der Waals surface area contributed by atoms with Gasteiger partial charge in [0.05, 0.1) is 12.2 Å². The summed E-state index contributed by atoms with van der Waals surface area (Å²) in [4.78, 5) is 13.2. The fraction of sp³-hybridized carbons (Fsp3) is 0.775. The van der Waals surface area contributed by atoms with Crippen molar-refractivity contribution in [1.82, 2.24) is 0 Å². The van der Waals surface area contributed by atoms with Crippen LogP contribution in [-0.2, 0) is 9.47 Å². The molecule has 0 spiro atoms. The number of carbonyl (C=O) groups excluding carboxylic acids is 1. The monoisotopic (exact) mass is 668 g/mol. The standard InChI is InChI=1S/C40H60O8/c1-23(2)7-6-8-24(3)30-15-16-31-29-14-11-26-21-28(17-19-39(26,4)32(29)18-20-40(30,31)5)46-37(45)25-9-12-27(13-10-25)47-38-36(44)35(43)34(42)33(22-41)48-38/h9-13,23-24,28-36,38,41-44H,6-8,14-22H2,1-5H3/t24-,28+,29+,30-,31+,32+,33-,34-,35+,36-,38+,39+,40-/m1/s1. The van der Waals surface area contributed by atoms with Gasteiger partial charge in [-0.2, -0.15) is 0 Å². The van der Waals surface area contributed by atoms with Gasteiger partial charge < -0.3 is 34.6 Å². The van der Waals surface area contributed by atoms with Crippen LogP contribution >= 0.6 is 0 Å². The summed E-state index contributed by atoms with van der Waals surface area (Å²) in [6, 6.07) is 6.38. The third-order valence-electron chi connectivity index (χ3n) is 13.7. The maximum absolute atomic E-state index is 13.2. The van der Waals surface area contributed by atoms with Crippen molar-refractivity contribution in [1.29, 1.82) is 0 Å². The van der Waals surface area contributed by atoms with E-state index >= 15 is 0 Å². The molecule has 5 aliphatic rings. The molecule has 1 aromatic rings. The van der Waals surface area contributed by atoms with Gasteiger partial charge in [0.15, 0.2) is 0 Å². The average Bonchev–Trinajstić information content (AvgIpc) is 3.42. The van der Waals surface area contributed by atoms with Crippen molar-refractivity contribution >= 4 is 5.97 Å². The van der Waals surface area contributed by atoms with Crippen molar-refractivity contribution in [2.24, 2.45) is 46.3 Å². The molecule has 48 heavy (non-hydrogen) atoms. The molecule has 1 aromatic carbocycles. The number of fused-ring (bicyclic) bond motifs is 5. The number of aliphatic hydroxyl groups is 4. The van der Waals surface area contributed by atoms with E-state index < -0.39 is 37.3 Å². The molecular weight excluding hydrogens is 608 g/mol.